The van der Waals surface area contributed by atoms with Gasteiger partial charge >= 0.3 is 6.03 Å². The van der Waals surface area contributed by atoms with Crippen molar-refractivity contribution in [2.24, 2.45) is 5.92 Å². The highest BCUT2D eigenvalue weighted by atomic mass is 16.2. The molecule has 7 nitrogen and oxygen atoms in total. The van der Waals surface area contributed by atoms with Gasteiger partial charge in [0.2, 0.25) is 11.8 Å². The van der Waals surface area contributed by atoms with Gasteiger partial charge in [0.15, 0.2) is 0 Å². The number of nitrogens with zero attached hydrogens (tertiary/aromatic N) is 4. The maximum Gasteiger partial charge on any atom is 0.326 e. The van der Waals surface area contributed by atoms with Crippen LogP contribution < -0.4 is 0 Å². The quantitative estimate of drug-likeness (QED) is 0.740. The molecule has 2 aliphatic heterocycles. The summed E-state index contributed by atoms with van der Waals surface area (Å²) < 4.78 is 0. The van der Waals surface area contributed by atoms with Crippen molar-refractivity contribution in [1.82, 2.24) is 19.6 Å². The van der Waals surface area contributed by atoms with Crippen molar-refractivity contribution in [2.75, 3.05) is 46.8 Å². The molecule has 0 aromatic heterocycles. The Balaban J connectivity index is 1.87. The van der Waals surface area contributed by atoms with Gasteiger partial charge in [0.25, 0.3) is 0 Å². The molecule has 4 amide bonds. The Kier molecular flexibility index (Phi) is 5.05. The van der Waals surface area contributed by atoms with E-state index in [9.17, 15) is 14.4 Å². The van der Waals surface area contributed by atoms with Crippen LogP contribution in [-0.4, -0.2) is 90.3 Å². The van der Waals surface area contributed by atoms with Gasteiger partial charge in [-0.3, -0.25) is 19.4 Å². The minimum atomic E-state index is -0.241. The van der Waals surface area contributed by atoms with Gasteiger partial charge in [0, 0.05) is 59.2 Å². The highest BCUT2D eigenvalue weighted by Crippen LogP contribution is 2.16. The number of hydrogen-bond acceptors (Lipinski definition) is 4. The molecule has 0 saturated carbocycles. The Morgan fingerprint density at radius 2 is 1.73 bits per heavy atom. The molecule has 2 saturated heterocycles. The highest BCUT2D eigenvalue weighted by molar-refractivity contribution is 5.96. The van der Waals surface area contributed by atoms with E-state index in [0.717, 1.165) is 26.2 Å². The summed E-state index contributed by atoms with van der Waals surface area (Å²) in [5.41, 5.74) is 0. The molecule has 0 N–H and O–H groups in total. The fourth-order valence-corrected chi connectivity index (χ4v) is 2.98. The molecule has 0 bridgehead atoms. The summed E-state index contributed by atoms with van der Waals surface area (Å²) >= 11 is 0. The van der Waals surface area contributed by atoms with Gasteiger partial charge in [-0.15, -0.1) is 0 Å². The molecular weight excluding hydrogens is 284 g/mol. The molecule has 2 rings (SSSR count). The van der Waals surface area contributed by atoms with Gasteiger partial charge in [-0.1, -0.05) is 13.8 Å². The number of rotatable bonds is 3. The van der Waals surface area contributed by atoms with Gasteiger partial charge in [0.05, 0.1) is 6.04 Å². The summed E-state index contributed by atoms with van der Waals surface area (Å²) in [7, 11) is 3.27. The van der Waals surface area contributed by atoms with Gasteiger partial charge in [-0.25, -0.2) is 4.79 Å². The zero-order chi connectivity index (χ0) is 16.4. The molecule has 0 radical (unpaired) electrons. The number of imide groups is 1. The molecule has 7 heteroatoms. The van der Waals surface area contributed by atoms with Crippen LogP contribution in [0.5, 0.6) is 0 Å². The van der Waals surface area contributed by atoms with Crippen molar-refractivity contribution in [3.05, 3.63) is 0 Å². The van der Waals surface area contributed by atoms with Crippen molar-refractivity contribution in [3.63, 3.8) is 0 Å². The van der Waals surface area contributed by atoms with Crippen LogP contribution in [-0.2, 0) is 9.59 Å². The molecule has 124 valence electrons. The van der Waals surface area contributed by atoms with Crippen LogP contribution in [0.15, 0.2) is 0 Å². The first-order chi connectivity index (χ1) is 10.3. The van der Waals surface area contributed by atoms with Crippen LogP contribution in [0.4, 0.5) is 4.79 Å². The highest BCUT2D eigenvalue weighted by Gasteiger charge is 2.35. The van der Waals surface area contributed by atoms with Crippen molar-refractivity contribution in [1.29, 1.82) is 0 Å². The van der Waals surface area contributed by atoms with Crippen LogP contribution >= 0.6 is 0 Å². The lowest BCUT2D eigenvalue weighted by molar-refractivity contribution is -0.136. The largest absolute Gasteiger partial charge is 0.340 e. The summed E-state index contributed by atoms with van der Waals surface area (Å²) in [5, 5.41) is 0. The SMILES string of the molecule is CC(C)C(=O)N1CCN(CC2CC(=O)N(C)C(=O)N2C)CC1. The Morgan fingerprint density at radius 1 is 1.14 bits per heavy atom. The second kappa shape index (κ2) is 6.64. The average molecular weight is 310 g/mol. The van der Waals surface area contributed by atoms with E-state index in [-0.39, 0.29) is 29.8 Å². The first-order valence-electron chi connectivity index (χ1n) is 7.85. The zero-order valence-corrected chi connectivity index (χ0v) is 13.9. The standard InChI is InChI=1S/C15H26N4O3/c1-11(2)14(21)19-7-5-18(6-8-19)10-12-9-13(20)17(4)15(22)16(12)3/h11-12H,5-10H2,1-4H3. The number of hydrogen-bond donors (Lipinski definition) is 0. The molecular formula is C15H26N4O3. The lowest BCUT2D eigenvalue weighted by Crippen LogP contribution is -2.59. The average Bonchev–Trinajstić information content (AvgIpc) is 2.50. The third kappa shape index (κ3) is 3.40. The lowest BCUT2D eigenvalue weighted by atomic mass is 10.1. The Hall–Kier alpha value is -1.63. The molecule has 1 atom stereocenters. The Bertz CT molecular complexity index is 458. The molecule has 2 aliphatic rings. The Labute approximate surface area is 131 Å². The first kappa shape index (κ1) is 16.7. The smallest absolute Gasteiger partial charge is 0.326 e. The molecule has 1 unspecified atom stereocenters. The lowest BCUT2D eigenvalue weighted by Gasteiger charge is -2.41. The molecule has 2 fully saturated rings. The maximum absolute atomic E-state index is 12.0. The number of likely N-dealkylation sites (N-methyl/N-ethyl adjacent to an activating group) is 1. The van der Waals surface area contributed by atoms with E-state index < -0.39 is 0 Å². The fourth-order valence-electron chi connectivity index (χ4n) is 2.98. The number of piperazine rings is 1. The molecule has 0 aliphatic carbocycles. The first-order valence-corrected chi connectivity index (χ1v) is 7.85. The number of amides is 4. The van der Waals surface area contributed by atoms with Gasteiger partial charge < -0.3 is 9.80 Å². The van der Waals surface area contributed by atoms with E-state index in [4.69, 9.17) is 0 Å². The van der Waals surface area contributed by atoms with Crippen molar-refractivity contribution >= 4 is 17.8 Å². The monoisotopic (exact) mass is 310 g/mol. The predicted molar refractivity (Wildman–Crippen MR) is 82.2 cm³/mol. The summed E-state index contributed by atoms with van der Waals surface area (Å²) in [4.78, 5) is 42.7. The number of carbonyl (C=O) groups is 3. The molecule has 22 heavy (non-hydrogen) atoms. The van der Waals surface area contributed by atoms with E-state index in [2.05, 4.69) is 4.90 Å². The van der Waals surface area contributed by atoms with Crippen molar-refractivity contribution < 1.29 is 14.4 Å². The summed E-state index contributed by atoms with van der Waals surface area (Å²) in [6, 6.07) is -0.321. The summed E-state index contributed by atoms with van der Waals surface area (Å²) in [6.45, 7) is 7.54. The molecule has 0 aromatic rings. The van der Waals surface area contributed by atoms with E-state index in [1.165, 1.54) is 11.9 Å². The van der Waals surface area contributed by atoms with E-state index >= 15 is 0 Å². The molecule has 0 spiro atoms. The topological polar surface area (TPSA) is 64.2 Å². The van der Waals surface area contributed by atoms with Crippen LogP contribution in [0.1, 0.15) is 20.3 Å². The molecule has 2 heterocycles. The van der Waals surface area contributed by atoms with Crippen LogP contribution in [0.2, 0.25) is 0 Å². The van der Waals surface area contributed by atoms with Crippen molar-refractivity contribution in [3.8, 4) is 0 Å². The zero-order valence-electron chi connectivity index (χ0n) is 13.9. The van der Waals surface area contributed by atoms with Crippen LogP contribution in [0.3, 0.4) is 0 Å². The fraction of sp³-hybridized carbons (Fsp3) is 0.800. The Morgan fingerprint density at radius 3 is 2.27 bits per heavy atom. The second-order valence-electron chi connectivity index (χ2n) is 6.48. The van der Waals surface area contributed by atoms with Crippen LogP contribution in [0, 0.1) is 5.92 Å². The van der Waals surface area contributed by atoms with Gasteiger partial charge in [-0.2, -0.15) is 0 Å². The number of urea groups is 1. The van der Waals surface area contributed by atoms with Crippen molar-refractivity contribution in [2.45, 2.75) is 26.3 Å². The second-order valence-corrected chi connectivity index (χ2v) is 6.48. The normalized spacial score (nSPS) is 24.4. The maximum atomic E-state index is 12.0. The number of carbonyl (C=O) groups excluding carboxylic acids is 3. The third-order valence-corrected chi connectivity index (χ3v) is 4.57. The van der Waals surface area contributed by atoms with E-state index in [1.54, 1.807) is 11.9 Å². The predicted octanol–water partition coefficient (Wildman–Crippen LogP) is 0.0691. The van der Waals surface area contributed by atoms with Crippen LogP contribution in [0.25, 0.3) is 0 Å². The molecule has 0 aromatic carbocycles. The minimum absolute atomic E-state index is 0.0295. The van der Waals surface area contributed by atoms with E-state index in [1.807, 2.05) is 18.7 Å². The summed E-state index contributed by atoms with van der Waals surface area (Å²) in [5.74, 6) is 0.102. The third-order valence-electron chi connectivity index (χ3n) is 4.57. The van der Waals surface area contributed by atoms with E-state index in [0.29, 0.717) is 13.0 Å². The summed E-state index contributed by atoms with van der Waals surface area (Å²) in [6.07, 6.45) is 0.365. The van der Waals surface area contributed by atoms with Gasteiger partial charge in [-0.05, 0) is 0 Å². The van der Waals surface area contributed by atoms with Gasteiger partial charge in [0.1, 0.15) is 0 Å². The minimum Gasteiger partial charge on any atom is -0.340 e.